The van der Waals surface area contributed by atoms with Crippen molar-refractivity contribution in [1.82, 2.24) is 4.90 Å². The molecule has 2 fully saturated rings. The molecule has 0 amide bonds. The molecule has 0 unspecified atom stereocenters. The highest BCUT2D eigenvalue weighted by molar-refractivity contribution is 4.98. The average molecular weight is 157 g/mol. The molecular weight excluding hydrogens is 138 g/mol. The second-order valence-corrected chi connectivity index (χ2v) is 3.30. The molecule has 2 aliphatic heterocycles. The minimum atomic E-state index is 0.621. The van der Waals surface area contributed by atoms with Gasteiger partial charge in [0.15, 0.2) is 0 Å². The Bertz CT molecular complexity index is 113. The van der Waals surface area contributed by atoms with Crippen molar-refractivity contribution in [3.05, 3.63) is 0 Å². The van der Waals surface area contributed by atoms with Gasteiger partial charge < -0.3 is 9.64 Å². The Labute approximate surface area is 69.5 Å². The molecule has 0 atom stereocenters. The molecule has 2 aliphatic rings. The van der Waals surface area contributed by atoms with Gasteiger partial charge in [0.05, 0.1) is 13.2 Å². The highest BCUT2D eigenvalue weighted by atomic mass is 16.5. The Morgan fingerprint density at radius 1 is 1.27 bits per heavy atom. The lowest BCUT2D eigenvalue weighted by Crippen LogP contribution is -2.65. The lowest BCUT2D eigenvalue weighted by Gasteiger charge is -2.54. The highest BCUT2D eigenvalue weighted by Crippen LogP contribution is 2.36. The molecule has 2 heteroatoms. The number of likely N-dealkylation sites (tertiary alicyclic amines) is 1. The van der Waals surface area contributed by atoms with Crippen molar-refractivity contribution in [2.45, 2.75) is 20.8 Å². The molecule has 0 aliphatic carbocycles. The van der Waals surface area contributed by atoms with Gasteiger partial charge in [-0.3, -0.25) is 0 Å². The number of hydrogen-bond acceptors (Lipinski definition) is 2. The third-order valence-corrected chi connectivity index (χ3v) is 2.38. The topological polar surface area (TPSA) is 12.5 Å². The fourth-order valence-electron chi connectivity index (χ4n) is 1.70. The van der Waals surface area contributed by atoms with E-state index >= 15 is 0 Å². The lowest BCUT2D eigenvalue weighted by molar-refractivity contribution is -0.187. The van der Waals surface area contributed by atoms with Crippen LogP contribution in [0.25, 0.3) is 0 Å². The van der Waals surface area contributed by atoms with Crippen molar-refractivity contribution in [2.75, 3.05) is 32.8 Å². The van der Waals surface area contributed by atoms with Gasteiger partial charge in [0.2, 0.25) is 0 Å². The summed E-state index contributed by atoms with van der Waals surface area (Å²) < 4.78 is 5.15. The monoisotopic (exact) mass is 157 g/mol. The minimum absolute atomic E-state index is 0.621. The van der Waals surface area contributed by atoms with Crippen LogP contribution in [-0.4, -0.2) is 37.7 Å². The molecule has 1 spiro atoms. The molecule has 2 saturated heterocycles. The van der Waals surface area contributed by atoms with Crippen LogP contribution in [0, 0.1) is 5.41 Å². The summed E-state index contributed by atoms with van der Waals surface area (Å²) in [5.74, 6) is 0. The molecule has 0 aromatic rings. The van der Waals surface area contributed by atoms with E-state index in [-0.39, 0.29) is 0 Å². The fourth-order valence-corrected chi connectivity index (χ4v) is 1.70. The zero-order valence-electron chi connectivity index (χ0n) is 7.89. The van der Waals surface area contributed by atoms with Crippen LogP contribution < -0.4 is 0 Å². The first kappa shape index (κ1) is 9.01. The van der Waals surface area contributed by atoms with Gasteiger partial charge in [0, 0.05) is 18.5 Å². The number of hydrogen-bond donors (Lipinski definition) is 0. The smallest absolute Gasteiger partial charge is 0.0569 e. The van der Waals surface area contributed by atoms with Gasteiger partial charge in [0.25, 0.3) is 0 Å². The summed E-state index contributed by atoms with van der Waals surface area (Å²) in [6.45, 7) is 12.0. The molecule has 0 saturated carbocycles. The zero-order chi connectivity index (χ0) is 8.32. The van der Waals surface area contributed by atoms with Crippen molar-refractivity contribution in [2.24, 2.45) is 5.41 Å². The van der Waals surface area contributed by atoms with E-state index in [2.05, 4.69) is 11.8 Å². The highest BCUT2D eigenvalue weighted by Gasteiger charge is 2.47. The van der Waals surface area contributed by atoms with E-state index in [0.717, 1.165) is 13.2 Å². The van der Waals surface area contributed by atoms with Gasteiger partial charge >= 0.3 is 0 Å². The SMILES string of the molecule is CC.CCN1CC2(COC2)C1. The summed E-state index contributed by atoms with van der Waals surface area (Å²) in [5.41, 5.74) is 0.621. The second kappa shape index (κ2) is 3.55. The first-order valence-electron chi connectivity index (χ1n) is 4.65. The molecule has 0 bridgehead atoms. The zero-order valence-corrected chi connectivity index (χ0v) is 7.89. The molecule has 2 rings (SSSR count). The molecule has 11 heavy (non-hydrogen) atoms. The van der Waals surface area contributed by atoms with Crippen LogP contribution in [-0.2, 0) is 4.74 Å². The quantitative estimate of drug-likeness (QED) is 0.570. The van der Waals surface area contributed by atoms with E-state index in [1.54, 1.807) is 0 Å². The summed E-state index contributed by atoms with van der Waals surface area (Å²) in [6.07, 6.45) is 0. The minimum Gasteiger partial charge on any atom is -0.380 e. The molecule has 0 aromatic carbocycles. The second-order valence-electron chi connectivity index (χ2n) is 3.30. The lowest BCUT2D eigenvalue weighted by atomic mass is 9.78. The molecule has 2 nitrogen and oxygen atoms in total. The molecule has 0 N–H and O–H groups in total. The van der Waals surface area contributed by atoms with Gasteiger partial charge in [-0.25, -0.2) is 0 Å². The van der Waals surface area contributed by atoms with Crippen molar-refractivity contribution in [3.63, 3.8) is 0 Å². The summed E-state index contributed by atoms with van der Waals surface area (Å²) in [7, 11) is 0. The van der Waals surface area contributed by atoms with Crippen LogP contribution >= 0.6 is 0 Å². The summed E-state index contributed by atoms with van der Waals surface area (Å²) in [6, 6.07) is 0. The van der Waals surface area contributed by atoms with Crippen LogP contribution in [0.2, 0.25) is 0 Å². The summed E-state index contributed by atoms with van der Waals surface area (Å²) in [5, 5.41) is 0. The molecule has 66 valence electrons. The third-order valence-electron chi connectivity index (χ3n) is 2.38. The van der Waals surface area contributed by atoms with Crippen LogP contribution in [0.15, 0.2) is 0 Å². The maximum atomic E-state index is 5.15. The maximum absolute atomic E-state index is 5.15. The normalized spacial score (nSPS) is 26.5. The van der Waals surface area contributed by atoms with E-state index in [4.69, 9.17) is 4.74 Å². The fraction of sp³-hybridized carbons (Fsp3) is 1.00. The predicted octanol–water partition coefficient (Wildman–Crippen LogP) is 1.36. The Hall–Kier alpha value is -0.0800. The summed E-state index contributed by atoms with van der Waals surface area (Å²) >= 11 is 0. The molecular formula is C9H19NO. The third kappa shape index (κ3) is 1.57. The standard InChI is InChI=1S/C7H13NO.C2H6/c1-2-8-3-7(4-8)5-9-6-7;1-2/h2-6H2,1H3;1-2H3. The van der Waals surface area contributed by atoms with Crippen molar-refractivity contribution < 1.29 is 4.74 Å². The molecule has 0 aromatic heterocycles. The Kier molecular flexibility index (Phi) is 2.90. The first-order valence-corrected chi connectivity index (χ1v) is 4.65. The van der Waals surface area contributed by atoms with E-state index in [9.17, 15) is 0 Å². The number of rotatable bonds is 1. The molecule has 0 radical (unpaired) electrons. The van der Waals surface area contributed by atoms with Gasteiger partial charge in [0.1, 0.15) is 0 Å². The van der Waals surface area contributed by atoms with Gasteiger partial charge in [-0.05, 0) is 6.54 Å². The van der Waals surface area contributed by atoms with Gasteiger partial charge in [-0.1, -0.05) is 20.8 Å². The van der Waals surface area contributed by atoms with E-state index < -0.39 is 0 Å². The largest absolute Gasteiger partial charge is 0.380 e. The Morgan fingerprint density at radius 3 is 2.09 bits per heavy atom. The Morgan fingerprint density at radius 2 is 1.82 bits per heavy atom. The average Bonchev–Trinajstić information content (AvgIpc) is 1.87. The Balaban J connectivity index is 0.000000281. The van der Waals surface area contributed by atoms with Crippen LogP contribution in [0.5, 0.6) is 0 Å². The van der Waals surface area contributed by atoms with Crippen LogP contribution in [0.1, 0.15) is 20.8 Å². The number of ether oxygens (including phenoxy) is 1. The summed E-state index contributed by atoms with van der Waals surface area (Å²) in [4.78, 5) is 2.46. The van der Waals surface area contributed by atoms with Crippen molar-refractivity contribution >= 4 is 0 Å². The van der Waals surface area contributed by atoms with E-state index in [0.29, 0.717) is 5.41 Å². The van der Waals surface area contributed by atoms with E-state index in [1.807, 2.05) is 13.8 Å². The first-order chi connectivity index (χ1) is 5.35. The van der Waals surface area contributed by atoms with Crippen molar-refractivity contribution in [3.8, 4) is 0 Å². The van der Waals surface area contributed by atoms with Gasteiger partial charge in [-0.15, -0.1) is 0 Å². The van der Waals surface area contributed by atoms with Gasteiger partial charge in [-0.2, -0.15) is 0 Å². The van der Waals surface area contributed by atoms with Crippen LogP contribution in [0.3, 0.4) is 0 Å². The number of nitrogens with zero attached hydrogens (tertiary/aromatic N) is 1. The van der Waals surface area contributed by atoms with E-state index in [1.165, 1.54) is 19.6 Å². The van der Waals surface area contributed by atoms with Crippen molar-refractivity contribution in [1.29, 1.82) is 0 Å². The molecule has 2 heterocycles. The predicted molar refractivity (Wildman–Crippen MR) is 46.7 cm³/mol. The maximum Gasteiger partial charge on any atom is 0.0569 e. The van der Waals surface area contributed by atoms with Crippen LogP contribution in [0.4, 0.5) is 0 Å².